The van der Waals surface area contributed by atoms with Gasteiger partial charge in [-0.25, -0.2) is 13.2 Å². The van der Waals surface area contributed by atoms with E-state index in [1.807, 2.05) is 18.2 Å². The van der Waals surface area contributed by atoms with E-state index < -0.39 is 33.8 Å². The number of amides is 4. The summed E-state index contributed by atoms with van der Waals surface area (Å²) >= 11 is 1.15. The third-order valence-electron chi connectivity index (χ3n) is 7.16. The summed E-state index contributed by atoms with van der Waals surface area (Å²) in [5, 5.41) is 3.01. The Bertz CT molecular complexity index is 1690. The van der Waals surface area contributed by atoms with Gasteiger partial charge in [-0.2, -0.15) is 0 Å². The van der Waals surface area contributed by atoms with E-state index in [1.54, 1.807) is 13.0 Å². The first-order chi connectivity index (χ1) is 20.6. The van der Waals surface area contributed by atoms with Crippen molar-refractivity contribution in [3.8, 4) is 0 Å². The van der Waals surface area contributed by atoms with E-state index in [-0.39, 0.29) is 34.2 Å². The van der Waals surface area contributed by atoms with Crippen molar-refractivity contribution in [2.45, 2.75) is 44.6 Å². The molecule has 12 nitrogen and oxygen atoms in total. The Morgan fingerprint density at radius 3 is 2.42 bits per heavy atom. The molecule has 3 heterocycles. The molecule has 14 heteroatoms. The molecule has 226 valence electrons. The molecule has 0 spiro atoms. The summed E-state index contributed by atoms with van der Waals surface area (Å²) in [4.78, 5) is 52.4. The van der Waals surface area contributed by atoms with Crippen molar-refractivity contribution in [1.82, 2.24) is 15.8 Å². The second-order valence-corrected chi connectivity index (χ2v) is 13.0. The summed E-state index contributed by atoms with van der Waals surface area (Å²) in [6.45, 7) is 4.06. The number of sulfonamides is 1. The van der Waals surface area contributed by atoms with Crippen LogP contribution in [0.25, 0.3) is 0 Å². The zero-order valence-electron chi connectivity index (χ0n) is 23.6. The van der Waals surface area contributed by atoms with Gasteiger partial charge < -0.3 is 15.0 Å². The molecule has 3 aromatic rings. The van der Waals surface area contributed by atoms with Crippen LogP contribution >= 0.6 is 11.3 Å². The lowest BCUT2D eigenvalue weighted by Crippen LogP contribution is -2.41. The number of anilines is 2. The highest BCUT2D eigenvalue weighted by Crippen LogP contribution is 2.38. The maximum atomic E-state index is 13.5. The molecule has 3 N–H and O–H groups in total. The van der Waals surface area contributed by atoms with E-state index in [2.05, 4.69) is 16.2 Å². The summed E-state index contributed by atoms with van der Waals surface area (Å²) in [5.74, 6) is -1.64. The first-order valence-corrected chi connectivity index (χ1v) is 16.0. The highest BCUT2D eigenvalue weighted by atomic mass is 32.2. The number of fused-ring (bicyclic) bond motifs is 2. The number of carbonyl (C=O) groups excluding carboxylic acids is 4. The third kappa shape index (κ3) is 6.20. The Hall–Kier alpha value is -4.43. The first kappa shape index (κ1) is 30.0. The lowest BCUT2D eigenvalue weighted by molar-refractivity contribution is -0.119. The van der Waals surface area contributed by atoms with Crippen molar-refractivity contribution >= 4 is 55.9 Å². The van der Waals surface area contributed by atoms with E-state index in [0.29, 0.717) is 42.1 Å². The molecule has 43 heavy (non-hydrogen) atoms. The summed E-state index contributed by atoms with van der Waals surface area (Å²) in [5.41, 5.74) is 7.26. The molecule has 2 aliphatic rings. The predicted molar refractivity (Wildman–Crippen MR) is 160 cm³/mol. The van der Waals surface area contributed by atoms with Crippen molar-refractivity contribution < 1.29 is 32.3 Å². The summed E-state index contributed by atoms with van der Waals surface area (Å²) < 4.78 is 33.5. The number of ether oxygens (including phenoxy) is 1. The maximum absolute atomic E-state index is 13.5. The summed E-state index contributed by atoms with van der Waals surface area (Å²) in [6, 6.07) is 13.0. The van der Waals surface area contributed by atoms with Gasteiger partial charge in [-0.05, 0) is 67.6 Å². The monoisotopic (exact) mass is 625 g/mol. The molecule has 0 aliphatic carbocycles. The number of para-hydroxylation sites is 1. The SMILES string of the molecule is CCOC(=O)N1CCc2c(sc(NC(=O)c3ccc(S(=O)(=O)N4CCCc5ccccc54)cc3)c2C(=O)NNC(C)=O)C1. The minimum atomic E-state index is -3.85. The van der Waals surface area contributed by atoms with Crippen LogP contribution in [-0.2, 0) is 38.9 Å². The molecular formula is C29H31N5O7S2. The van der Waals surface area contributed by atoms with E-state index in [0.717, 1.165) is 23.3 Å². The van der Waals surface area contributed by atoms with Crippen LogP contribution in [0.4, 0.5) is 15.5 Å². The number of carbonyl (C=O) groups is 4. The van der Waals surface area contributed by atoms with E-state index in [9.17, 15) is 27.6 Å². The number of rotatable bonds is 6. The lowest BCUT2D eigenvalue weighted by atomic mass is 10.0. The lowest BCUT2D eigenvalue weighted by Gasteiger charge is -2.30. The average molecular weight is 626 g/mol. The molecule has 4 amide bonds. The fourth-order valence-corrected chi connectivity index (χ4v) is 7.94. The largest absolute Gasteiger partial charge is 0.450 e. The number of hydrazine groups is 1. The number of nitrogens with zero attached hydrogens (tertiary/aromatic N) is 2. The number of nitrogens with one attached hydrogen (secondary N) is 3. The van der Waals surface area contributed by atoms with Gasteiger partial charge >= 0.3 is 6.09 Å². The zero-order chi connectivity index (χ0) is 30.7. The van der Waals surface area contributed by atoms with Crippen LogP contribution in [-0.4, -0.2) is 56.8 Å². The Kier molecular flexibility index (Phi) is 8.69. The van der Waals surface area contributed by atoms with Gasteiger partial charge in [-0.1, -0.05) is 18.2 Å². The topological polar surface area (TPSA) is 154 Å². The fourth-order valence-electron chi connectivity index (χ4n) is 5.14. The second-order valence-electron chi connectivity index (χ2n) is 10.0. The molecule has 0 saturated heterocycles. The Labute approximate surface area is 253 Å². The fraction of sp³-hybridized carbons (Fsp3) is 0.310. The Morgan fingerprint density at radius 2 is 1.70 bits per heavy atom. The number of aryl methyl sites for hydroxylation is 1. The molecular weight excluding hydrogens is 594 g/mol. The number of thiophene rings is 1. The van der Waals surface area contributed by atoms with E-state index >= 15 is 0 Å². The summed E-state index contributed by atoms with van der Waals surface area (Å²) in [7, 11) is -3.85. The van der Waals surface area contributed by atoms with Crippen LogP contribution in [0.5, 0.6) is 0 Å². The quantitative estimate of drug-likeness (QED) is 0.355. The highest BCUT2D eigenvalue weighted by molar-refractivity contribution is 7.92. The van der Waals surface area contributed by atoms with Gasteiger partial charge in [-0.3, -0.25) is 29.5 Å². The molecule has 0 saturated carbocycles. The van der Waals surface area contributed by atoms with Crippen molar-refractivity contribution in [2.24, 2.45) is 0 Å². The first-order valence-electron chi connectivity index (χ1n) is 13.7. The van der Waals surface area contributed by atoms with Crippen molar-refractivity contribution in [3.05, 3.63) is 75.7 Å². The predicted octanol–water partition coefficient (Wildman–Crippen LogP) is 3.44. The van der Waals surface area contributed by atoms with Crippen LogP contribution in [0.3, 0.4) is 0 Å². The molecule has 2 aliphatic heterocycles. The standard InChI is InChI=1S/C29H31N5O7S2/c1-3-41-29(38)33-16-14-22-24(17-33)42-28(25(22)27(37)32-31-18(2)35)30-26(36)20-10-12-21(13-11-20)43(39,40)34-15-6-8-19-7-4-5-9-23(19)34/h4-5,7,9-13H,3,6,8,14-17H2,1-2H3,(H,30,36)(H,31,35)(H,32,37). The van der Waals surface area contributed by atoms with Crippen LogP contribution in [0.1, 0.15) is 57.0 Å². The second kappa shape index (κ2) is 12.4. The van der Waals surface area contributed by atoms with Gasteiger partial charge in [0.1, 0.15) is 5.00 Å². The molecule has 0 bridgehead atoms. The smallest absolute Gasteiger partial charge is 0.410 e. The van der Waals surface area contributed by atoms with Gasteiger partial charge in [0, 0.05) is 30.5 Å². The molecule has 1 aromatic heterocycles. The Balaban J connectivity index is 1.38. The zero-order valence-corrected chi connectivity index (χ0v) is 25.3. The highest BCUT2D eigenvalue weighted by Gasteiger charge is 2.32. The normalized spacial score (nSPS) is 14.3. The summed E-state index contributed by atoms with van der Waals surface area (Å²) in [6.07, 6.45) is 1.38. The van der Waals surface area contributed by atoms with Gasteiger partial charge in [-0.15, -0.1) is 11.3 Å². The molecule has 2 aromatic carbocycles. The molecule has 0 unspecified atom stereocenters. The van der Waals surface area contributed by atoms with Crippen molar-refractivity contribution in [1.29, 1.82) is 0 Å². The maximum Gasteiger partial charge on any atom is 0.410 e. The average Bonchev–Trinajstić information content (AvgIpc) is 3.36. The number of benzene rings is 2. The molecule has 5 rings (SSSR count). The van der Waals surface area contributed by atoms with Crippen LogP contribution in [0, 0.1) is 0 Å². The van der Waals surface area contributed by atoms with Gasteiger partial charge in [0.05, 0.1) is 29.3 Å². The van der Waals surface area contributed by atoms with E-state index in [4.69, 9.17) is 4.74 Å². The van der Waals surface area contributed by atoms with Gasteiger partial charge in [0.2, 0.25) is 5.91 Å². The van der Waals surface area contributed by atoms with Crippen LogP contribution in [0.2, 0.25) is 0 Å². The Morgan fingerprint density at radius 1 is 0.953 bits per heavy atom. The molecule has 0 atom stereocenters. The van der Waals surface area contributed by atoms with Crippen LogP contribution < -0.4 is 20.5 Å². The van der Waals surface area contributed by atoms with Crippen LogP contribution in [0.15, 0.2) is 53.4 Å². The van der Waals surface area contributed by atoms with Crippen molar-refractivity contribution in [3.63, 3.8) is 0 Å². The minimum Gasteiger partial charge on any atom is -0.450 e. The number of hydrogen-bond donors (Lipinski definition) is 3. The third-order valence-corrected chi connectivity index (χ3v) is 10.1. The minimum absolute atomic E-state index is 0.0572. The van der Waals surface area contributed by atoms with Gasteiger partial charge in [0.15, 0.2) is 0 Å². The molecule has 0 radical (unpaired) electrons. The van der Waals surface area contributed by atoms with Gasteiger partial charge in [0.25, 0.3) is 21.8 Å². The van der Waals surface area contributed by atoms with Crippen molar-refractivity contribution in [2.75, 3.05) is 29.3 Å². The van der Waals surface area contributed by atoms with E-state index in [1.165, 1.54) is 40.4 Å². The molecule has 0 fully saturated rings. The number of hydrogen-bond acceptors (Lipinski definition) is 8.